The molecule has 1 saturated heterocycles. The molecule has 0 spiro atoms. The molecule has 1 fully saturated rings. The molecule has 1 aliphatic rings. The van der Waals surface area contributed by atoms with E-state index in [9.17, 15) is 0 Å². The van der Waals surface area contributed by atoms with Gasteiger partial charge in [0.05, 0.1) is 17.2 Å². The Labute approximate surface area is 131 Å². The molecular formula is C15H27N5S. The molecule has 0 radical (unpaired) electrons. The van der Waals surface area contributed by atoms with E-state index < -0.39 is 0 Å². The molecule has 0 atom stereocenters. The molecule has 1 aliphatic heterocycles. The molecule has 0 aromatic carbocycles. The van der Waals surface area contributed by atoms with Gasteiger partial charge in [-0.15, -0.1) is 11.3 Å². The van der Waals surface area contributed by atoms with Crippen molar-refractivity contribution in [2.75, 3.05) is 33.7 Å². The van der Waals surface area contributed by atoms with Crippen molar-refractivity contribution in [1.82, 2.24) is 20.5 Å². The quantitative estimate of drug-likeness (QED) is 0.657. The molecule has 5 nitrogen and oxygen atoms in total. The van der Waals surface area contributed by atoms with Gasteiger partial charge in [0.25, 0.3) is 0 Å². The lowest BCUT2D eigenvalue weighted by Crippen LogP contribution is -2.41. The number of aryl methyl sites for hydroxylation is 2. The Morgan fingerprint density at radius 1 is 1.33 bits per heavy atom. The lowest BCUT2D eigenvalue weighted by molar-refractivity contribution is 0.220. The maximum absolute atomic E-state index is 4.45. The third-order valence-electron chi connectivity index (χ3n) is 4.04. The van der Waals surface area contributed by atoms with E-state index in [0.29, 0.717) is 0 Å². The number of hydrogen-bond acceptors (Lipinski definition) is 4. The largest absolute Gasteiger partial charge is 0.356 e. The summed E-state index contributed by atoms with van der Waals surface area (Å²) in [6, 6.07) is 0. The van der Waals surface area contributed by atoms with E-state index in [2.05, 4.69) is 39.5 Å². The van der Waals surface area contributed by atoms with Crippen molar-refractivity contribution in [3.05, 3.63) is 15.6 Å². The molecule has 6 heteroatoms. The van der Waals surface area contributed by atoms with Crippen LogP contribution in [0.1, 0.15) is 28.4 Å². The second-order valence-electron chi connectivity index (χ2n) is 5.79. The molecule has 0 unspecified atom stereocenters. The van der Waals surface area contributed by atoms with Gasteiger partial charge in [-0.2, -0.15) is 0 Å². The van der Waals surface area contributed by atoms with Gasteiger partial charge >= 0.3 is 0 Å². The summed E-state index contributed by atoms with van der Waals surface area (Å²) in [6.45, 7) is 8.33. The number of rotatable bonds is 4. The van der Waals surface area contributed by atoms with Crippen LogP contribution in [0.2, 0.25) is 0 Å². The number of nitrogens with one attached hydrogen (secondary N) is 2. The van der Waals surface area contributed by atoms with Crippen LogP contribution in [0.15, 0.2) is 4.99 Å². The van der Waals surface area contributed by atoms with Crippen molar-refractivity contribution >= 4 is 17.3 Å². The highest BCUT2D eigenvalue weighted by Gasteiger charge is 2.16. The molecule has 2 rings (SSSR count). The van der Waals surface area contributed by atoms with E-state index in [4.69, 9.17) is 0 Å². The van der Waals surface area contributed by atoms with Gasteiger partial charge in [-0.3, -0.25) is 4.99 Å². The fraction of sp³-hybridized carbons (Fsp3) is 0.733. The molecular weight excluding hydrogens is 282 g/mol. The van der Waals surface area contributed by atoms with Crippen molar-refractivity contribution in [2.45, 2.75) is 33.2 Å². The molecule has 21 heavy (non-hydrogen) atoms. The maximum atomic E-state index is 4.45. The molecule has 0 amide bonds. The van der Waals surface area contributed by atoms with Crippen LogP contribution in [0.3, 0.4) is 0 Å². The van der Waals surface area contributed by atoms with Crippen molar-refractivity contribution in [2.24, 2.45) is 10.9 Å². The lowest BCUT2D eigenvalue weighted by Gasteiger charge is -2.29. The topological polar surface area (TPSA) is 52.6 Å². The Balaban J connectivity index is 1.75. The zero-order valence-electron chi connectivity index (χ0n) is 13.6. The summed E-state index contributed by atoms with van der Waals surface area (Å²) in [6.07, 6.45) is 2.54. The van der Waals surface area contributed by atoms with Gasteiger partial charge in [0.15, 0.2) is 5.96 Å². The van der Waals surface area contributed by atoms with Crippen LogP contribution in [0.25, 0.3) is 0 Å². The Bertz CT molecular complexity index is 474. The first-order chi connectivity index (χ1) is 10.1. The molecule has 0 aliphatic carbocycles. The van der Waals surface area contributed by atoms with Crippen LogP contribution in [0.4, 0.5) is 0 Å². The molecule has 1 aromatic heterocycles. The number of hydrogen-bond donors (Lipinski definition) is 2. The fourth-order valence-corrected chi connectivity index (χ4v) is 3.51. The van der Waals surface area contributed by atoms with Gasteiger partial charge in [-0.25, -0.2) is 4.98 Å². The second kappa shape index (κ2) is 7.75. The van der Waals surface area contributed by atoms with Crippen LogP contribution < -0.4 is 10.6 Å². The predicted octanol–water partition coefficient (Wildman–Crippen LogP) is 1.77. The average molecular weight is 309 g/mol. The predicted molar refractivity (Wildman–Crippen MR) is 90.0 cm³/mol. The van der Waals surface area contributed by atoms with Gasteiger partial charge in [-0.05, 0) is 52.7 Å². The number of thiazole rings is 1. The summed E-state index contributed by atoms with van der Waals surface area (Å²) in [7, 11) is 4.03. The lowest BCUT2D eigenvalue weighted by atomic mass is 9.97. The first-order valence-corrected chi connectivity index (χ1v) is 8.46. The van der Waals surface area contributed by atoms with E-state index in [1.54, 1.807) is 11.3 Å². The van der Waals surface area contributed by atoms with Crippen molar-refractivity contribution in [1.29, 1.82) is 0 Å². The van der Waals surface area contributed by atoms with Crippen LogP contribution in [-0.4, -0.2) is 49.6 Å². The first-order valence-electron chi connectivity index (χ1n) is 7.64. The van der Waals surface area contributed by atoms with Crippen LogP contribution in [-0.2, 0) is 6.54 Å². The van der Waals surface area contributed by atoms with E-state index in [-0.39, 0.29) is 0 Å². The summed E-state index contributed by atoms with van der Waals surface area (Å²) in [5.41, 5.74) is 1.12. The Hall–Kier alpha value is -1.14. The zero-order valence-corrected chi connectivity index (χ0v) is 14.4. The van der Waals surface area contributed by atoms with Gasteiger partial charge < -0.3 is 15.5 Å². The number of guanidine groups is 1. The van der Waals surface area contributed by atoms with Gasteiger partial charge in [0, 0.05) is 18.5 Å². The molecule has 0 bridgehead atoms. The number of aromatic nitrogens is 1. The second-order valence-corrected chi connectivity index (χ2v) is 7.08. The third kappa shape index (κ3) is 4.97. The van der Waals surface area contributed by atoms with Crippen molar-refractivity contribution in [3.8, 4) is 0 Å². The van der Waals surface area contributed by atoms with Crippen LogP contribution >= 0.6 is 11.3 Å². The summed E-state index contributed by atoms with van der Waals surface area (Å²) in [5, 5.41) is 7.97. The Morgan fingerprint density at radius 3 is 2.62 bits per heavy atom. The van der Waals surface area contributed by atoms with Gasteiger partial charge in [0.2, 0.25) is 0 Å². The standard InChI is InChI=1S/C15H27N5S/c1-11-14(21-12(2)19-11)10-18-15(16-3)17-9-13-5-7-20(4)8-6-13/h13H,5-10H2,1-4H3,(H2,16,17,18). The normalized spacial score (nSPS) is 18.0. The Kier molecular flexibility index (Phi) is 5.99. The van der Waals surface area contributed by atoms with Gasteiger partial charge in [-0.1, -0.05) is 0 Å². The highest BCUT2D eigenvalue weighted by molar-refractivity contribution is 7.11. The van der Waals surface area contributed by atoms with Gasteiger partial charge in [0.1, 0.15) is 0 Å². The van der Waals surface area contributed by atoms with Crippen LogP contribution in [0.5, 0.6) is 0 Å². The molecule has 1 aromatic rings. The highest BCUT2D eigenvalue weighted by Crippen LogP contribution is 2.17. The monoisotopic (exact) mass is 309 g/mol. The molecule has 0 saturated carbocycles. The molecule has 2 N–H and O–H groups in total. The summed E-state index contributed by atoms with van der Waals surface area (Å²) < 4.78 is 0. The minimum absolute atomic E-state index is 0.757. The first kappa shape index (κ1) is 16.2. The summed E-state index contributed by atoms with van der Waals surface area (Å²) >= 11 is 1.75. The SMILES string of the molecule is CN=C(NCc1sc(C)nc1C)NCC1CCN(C)CC1. The molecule has 118 valence electrons. The average Bonchev–Trinajstić information content (AvgIpc) is 2.79. The summed E-state index contributed by atoms with van der Waals surface area (Å²) in [4.78, 5) is 12.5. The van der Waals surface area contributed by atoms with Crippen molar-refractivity contribution < 1.29 is 0 Å². The minimum atomic E-state index is 0.757. The van der Waals surface area contributed by atoms with E-state index in [1.165, 1.54) is 30.8 Å². The number of aliphatic imine (C=N–C) groups is 1. The van der Waals surface area contributed by atoms with Crippen molar-refractivity contribution in [3.63, 3.8) is 0 Å². The number of likely N-dealkylation sites (tertiary alicyclic amines) is 1. The molecule has 2 heterocycles. The van der Waals surface area contributed by atoms with Crippen LogP contribution in [0, 0.1) is 19.8 Å². The zero-order chi connectivity index (χ0) is 15.2. The van der Waals surface area contributed by atoms with E-state index in [0.717, 1.165) is 35.7 Å². The number of nitrogens with zero attached hydrogens (tertiary/aromatic N) is 3. The smallest absolute Gasteiger partial charge is 0.191 e. The highest BCUT2D eigenvalue weighted by atomic mass is 32.1. The Morgan fingerprint density at radius 2 is 2.05 bits per heavy atom. The minimum Gasteiger partial charge on any atom is -0.356 e. The van der Waals surface area contributed by atoms with E-state index >= 15 is 0 Å². The summed E-state index contributed by atoms with van der Waals surface area (Å²) in [5.74, 6) is 1.64. The fourth-order valence-electron chi connectivity index (χ4n) is 2.63. The maximum Gasteiger partial charge on any atom is 0.191 e. The van der Waals surface area contributed by atoms with E-state index in [1.807, 2.05) is 14.0 Å². The number of piperidine rings is 1. The third-order valence-corrected chi connectivity index (χ3v) is 5.11.